The number of aromatic nitrogens is 1. The maximum Gasteiger partial charge on any atom is 0.192 e. The van der Waals surface area contributed by atoms with Crippen molar-refractivity contribution in [2.75, 3.05) is 0 Å². The third-order valence-corrected chi connectivity index (χ3v) is 9.00. The summed E-state index contributed by atoms with van der Waals surface area (Å²) in [5.74, 6) is 0. The Balaban J connectivity index is 2.79. The zero-order valence-corrected chi connectivity index (χ0v) is 15.1. The van der Waals surface area contributed by atoms with Crippen LogP contribution in [0.2, 0.25) is 18.1 Å². The van der Waals surface area contributed by atoms with Gasteiger partial charge in [-0.05, 0) is 31.1 Å². The van der Waals surface area contributed by atoms with Crippen molar-refractivity contribution in [2.24, 2.45) is 0 Å². The first-order valence-electron chi connectivity index (χ1n) is 6.87. The Kier molecular flexibility index (Phi) is 5.86. The van der Waals surface area contributed by atoms with Crippen LogP contribution in [0.5, 0.6) is 0 Å². The molecule has 5 heteroatoms. The molecule has 3 nitrogen and oxygen atoms in total. The maximum absolute atomic E-state index is 10.9. The summed E-state index contributed by atoms with van der Waals surface area (Å²) < 4.78 is 6.27. The van der Waals surface area contributed by atoms with Crippen molar-refractivity contribution in [2.45, 2.75) is 58.4 Å². The van der Waals surface area contributed by atoms with Crippen molar-refractivity contribution in [1.29, 1.82) is 0 Å². The number of carbonyl (C=O) groups excluding carboxylic acids is 1. The zero-order chi connectivity index (χ0) is 15.4. The molecule has 0 saturated carbocycles. The summed E-state index contributed by atoms with van der Waals surface area (Å²) in [7, 11) is -1.87. The highest BCUT2D eigenvalue weighted by atomic mass is 32.1. The summed E-state index contributed by atoms with van der Waals surface area (Å²) in [5, 5.41) is 3.19. The van der Waals surface area contributed by atoms with E-state index in [1.54, 1.807) is 11.3 Å². The number of hydrogen-bond acceptors (Lipinski definition) is 4. The molecule has 0 spiro atoms. The van der Waals surface area contributed by atoms with Crippen molar-refractivity contribution in [3.05, 3.63) is 22.2 Å². The molecule has 1 rings (SSSR count). The third-order valence-electron chi connectivity index (χ3n) is 3.70. The fourth-order valence-electron chi connectivity index (χ4n) is 1.48. The minimum Gasteiger partial charge on any atom is -0.410 e. The lowest BCUT2D eigenvalue weighted by Gasteiger charge is -2.38. The van der Waals surface area contributed by atoms with E-state index in [9.17, 15) is 4.79 Å². The summed E-state index contributed by atoms with van der Waals surface area (Å²) in [6.07, 6.45) is 5.07. The number of rotatable bonds is 6. The highest BCUT2D eigenvalue weighted by Gasteiger charge is 2.38. The number of aryl methyl sites for hydroxylation is 1. The van der Waals surface area contributed by atoms with Gasteiger partial charge in [-0.15, -0.1) is 11.3 Å². The van der Waals surface area contributed by atoms with Crippen LogP contribution in [0.25, 0.3) is 6.08 Å². The van der Waals surface area contributed by atoms with E-state index < -0.39 is 8.32 Å². The Bertz CT molecular complexity index is 474. The highest BCUT2D eigenvalue weighted by Crippen LogP contribution is 2.37. The molecule has 0 aliphatic rings. The number of nitrogens with zero attached hydrogens (tertiary/aromatic N) is 1. The van der Waals surface area contributed by atoms with Gasteiger partial charge in [-0.3, -0.25) is 0 Å². The van der Waals surface area contributed by atoms with Gasteiger partial charge >= 0.3 is 0 Å². The topological polar surface area (TPSA) is 39.2 Å². The SMILES string of the molecule is Cc1nc(C=C[C@H](CC=O)O[Si](C)(C)C(C)(C)C)cs1. The molecule has 0 bridgehead atoms. The second kappa shape index (κ2) is 6.78. The molecule has 0 amide bonds. The first-order valence-corrected chi connectivity index (χ1v) is 10.7. The van der Waals surface area contributed by atoms with Gasteiger partial charge in [0, 0.05) is 11.8 Å². The van der Waals surface area contributed by atoms with Gasteiger partial charge in [0.2, 0.25) is 0 Å². The highest BCUT2D eigenvalue weighted by molar-refractivity contribution is 7.09. The van der Waals surface area contributed by atoms with Crippen LogP contribution in [0.4, 0.5) is 0 Å². The lowest BCUT2D eigenvalue weighted by Crippen LogP contribution is -2.43. The Labute approximate surface area is 127 Å². The number of hydrogen-bond donors (Lipinski definition) is 0. The van der Waals surface area contributed by atoms with Crippen molar-refractivity contribution in [3.8, 4) is 0 Å². The van der Waals surface area contributed by atoms with E-state index in [-0.39, 0.29) is 11.1 Å². The Morgan fingerprint density at radius 3 is 2.55 bits per heavy atom. The monoisotopic (exact) mass is 311 g/mol. The summed E-state index contributed by atoms with van der Waals surface area (Å²) in [4.78, 5) is 15.2. The van der Waals surface area contributed by atoms with Crippen molar-refractivity contribution in [1.82, 2.24) is 4.98 Å². The van der Waals surface area contributed by atoms with Crippen LogP contribution < -0.4 is 0 Å². The quantitative estimate of drug-likeness (QED) is 0.576. The minimum atomic E-state index is -1.87. The molecule has 20 heavy (non-hydrogen) atoms. The van der Waals surface area contributed by atoms with Crippen LogP contribution >= 0.6 is 11.3 Å². The van der Waals surface area contributed by atoms with Crippen LogP contribution in [-0.2, 0) is 9.22 Å². The molecular formula is C15H25NO2SSi. The van der Waals surface area contributed by atoms with Gasteiger partial charge < -0.3 is 9.22 Å². The molecule has 1 atom stereocenters. The minimum absolute atomic E-state index is 0.138. The molecule has 0 aliphatic heterocycles. The second-order valence-corrected chi connectivity index (χ2v) is 12.3. The van der Waals surface area contributed by atoms with Gasteiger partial charge in [-0.1, -0.05) is 26.8 Å². The molecule has 1 aromatic rings. The predicted octanol–water partition coefficient (Wildman–Crippen LogP) is 4.44. The lowest BCUT2D eigenvalue weighted by molar-refractivity contribution is -0.108. The standard InChI is InChI=1S/C15H25NO2SSi/c1-12-16-13(11-19-12)7-8-14(9-10-17)18-20(5,6)15(2,3)4/h7-8,10-11,14H,9H2,1-6H3/t14-/m1/s1. The van der Waals surface area contributed by atoms with Crippen LogP contribution in [0.3, 0.4) is 0 Å². The average Bonchev–Trinajstić information content (AvgIpc) is 2.70. The van der Waals surface area contributed by atoms with Crippen LogP contribution in [0.1, 0.15) is 37.9 Å². The van der Waals surface area contributed by atoms with E-state index in [1.165, 1.54) is 0 Å². The molecule has 1 heterocycles. The van der Waals surface area contributed by atoms with Crippen molar-refractivity contribution < 1.29 is 9.22 Å². The van der Waals surface area contributed by atoms with Gasteiger partial charge in [-0.2, -0.15) is 0 Å². The molecule has 0 N–H and O–H groups in total. The summed E-state index contributed by atoms with van der Waals surface area (Å²) in [6, 6.07) is 0. The fraction of sp³-hybridized carbons (Fsp3) is 0.600. The van der Waals surface area contributed by atoms with Gasteiger partial charge in [0.05, 0.1) is 16.8 Å². The normalized spacial score (nSPS) is 14.7. The molecule has 0 fully saturated rings. The zero-order valence-electron chi connectivity index (χ0n) is 13.3. The molecule has 0 radical (unpaired) electrons. The van der Waals surface area contributed by atoms with Gasteiger partial charge in [-0.25, -0.2) is 4.98 Å². The summed E-state index contributed by atoms with van der Waals surface area (Å²) in [5.41, 5.74) is 0.933. The fourth-order valence-corrected chi connectivity index (χ4v) is 3.34. The van der Waals surface area contributed by atoms with E-state index in [1.807, 2.05) is 24.5 Å². The number of carbonyl (C=O) groups is 1. The molecule has 0 saturated heterocycles. The lowest BCUT2D eigenvalue weighted by atomic mass is 10.2. The molecule has 0 aliphatic carbocycles. The van der Waals surface area contributed by atoms with Gasteiger partial charge in [0.1, 0.15) is 6.29 Å². The Hall–Kier alpha value is -0.783. The maximum atomic E-state index is 10.9. The molecule has 0 unspecified atom stereocenters. The summed E-state index contributed by atoms with van der Waals surface area (Å²) in [6.45, 7) is 13.0. The van der Waals surface area contributed by atoms with E-state index in [4.69, 9.17) is 4.43 Å². The van der Waals surface area contributed by atoms with Gasteiger partial charge in [0.15, 0.2) is 8.32 Å². The van der Waals surface area contributed by atoms with E-state index in [0.29, 0.717) is 6.42 Å². The predicted molar refractivity (Wildman–Crippen MR) is 88.6 cm³/mol. The van der Waals surface area contributed by atoms with Gasteiger partial charge in [0.25, 0.3) is 0 Å². The largest absolute Gasteiger partial charge is 0.410 e. The molecule has 1 aromatic heterocycles. The number of thiazole rings is 1. The van der Waals surface area contributed by atoms with Crippen LogP contribution in [0, 0.1) is 6.92 Å². The molecule has 112 valence electrons. The third kappa shape index (κ3) is 4.96. The first-order chi connectivity index (χ1) is 9.15. The average molecular weight is 312 g/mol. The number of aldehydes is 1. The smallest absolute Gasteiger partial charge is 0.192 e. The molecular weight excluding hydrogens is 286 g/mol. The molecule has 0 aromatic carbocycles. The van der Waals surface area contributed by atoms with Crippen molar-refractivity contribution in [3.63, 3.8) is 0 Å². The van der Waals surface area contributed by atoms with E-state index >= 15 is 0 Å². The van der Waals surface area contributed by atoms with E-state index in [0.717, 1.165) is 17.0 Å². The Morgan fingerprint density at radius 1 is 1.45 bits per heavy atom. The Morgan fingerprint density at radius 2 is 2.10 bits per heavy atom. The summed E-state index contributed by atoms with van der Waals surface area (Å²) >= 11 is 1.62. The first kappa shape index (κ1) is 17.3. The van der Waals surface area contributed by atoms with Crippen LogP contribution in [-0.4, -0.2) is 25.7 Å². The van der Waals surface area contributed by atoms with E-state index in [2.05, 4.69) is 38.8 Å². The van der Waals surface area contributed by atoms with Crippen molar-refractivity contribution >= 4 is 32.0 Å². The second-order valence-electron chi connectivity index (χ2n) is 6.47. The van der Waals surface area contributed by atoms with Crippen LogP contribution in [0.15, 0.2) is 11.5 Å².